The van der Waals surface area contributed by atoms with Gasteiger partial charge in [0.2, 0.25) is 0 Å². The zero-order valence-corrected chi connectivity index (χ0v) is 20.0. The van der Waals surface area contributed by atoms with Crippen LogP contribution in [-0.2, 0) is 14.8 Å². The molecular formula is C20H22ClF3N2O6S2. The summed E-state index contributed by atoms with van der Waals surface area (Å²) < 4.78 is 59.5. The highest BCUT2D eigenvalue weighted by Crippen LogP contribution is 2.30. The Morgan fingerprint density at radius 2 is 1.56 bits per heavy atom. The average molecular weight is 543 g/mol. The number of carboxylic acids is 2. The fraction of sp³-hybridized carbons (Fsp3) is 0.400. The number of hydrogen-bond acceptors (Lipinski definition) is 6. The number of hydrogen-bond donors (Lipinski definition) is 3. The van der Waals surface area contributed by atoms with Gasteiger partial charge < -0.3 is 15.1 Å². The summed E-state index contributed by atoms with van der Waals surface area (Å²) in [7, 11) is -3.81. The summed E-state index contributed by atoms with van der Waals surface area (Å²) in [6.45, 7) is 1.61. The van der Waals surface area contributed by atoms with Crippen LogP contribution in [-0.4, -0.2) is 49.8 Å². The molecule has 0 amide bonds. The van der Waals surface area contributed by atoms with E-state index in [2.05, 4.69) is 9.62 Å². The lowest BCUT2D eigenvalue weighted by Gasteiger charge is -2.28. The number of sulfonamides is 1. The number of thiophene rings is 1. The van der Waals surface area contributed by atoms with Gasteiger partial charge in [0.25, 0.3) is 10.0 Å². The fourth-order valence-electron chi connectivity index (χ4n) is 3.18. The first-order valence-electron chi connectivity index (χ1n) is 10.0. The van der Waals surface area contributed by atoms with Crippen LogP contribution in [0.4, 0.5) is 24.5 Å². The molecule has 2 aromatic rings. The van der Waals surface area contributed by atoms with Gasteiger partial charge in [0, 0.05) is 18.8 Å². The van der Waals surface area contributed by atoms with Gasteiger partial charge in [-0.1, -0.05) is 30.9 Å². The molecule has 1 aliphatic rings. The summed E-state index contributed by atoms with van der Waals surface area (Å²) in [5.74, 6) is -3.83. The van der Waals surface area contributed by atoms with Crippen molar-refractivity contribution in [3.05, 3.63) is 40.2 Å². The molecule has 1 saturated heterocycles. The van der Waals surface area contributed by atoms with E-state index in [0.29, 0.717) is 10.0 Å². The SMILES string of the molecule is O=C(O)C(F)(F)F.O=C(O)c1cc(NS(=O)(=O)c2ccc(Cl)s2)ccc1N1CCCCCCC1. The number of nitrogens with zero attached hydrogens (tertiary/aromatic N) is 1. The molecule has 3 rings (SSSR count). The third kappa shape index (κ3) is 8.06. The van der Waals surface area contributed by atoms with E-state index in [9.17, 15) is 31.5 Å². The lowest BCUT2D eigenvalue weighted by atomic mass is 10.1. The summed E-state index contributed by atoms with van der Waals surface area (Å²) >= 11 is 6.76. The van der Waals surface area contributed by atoms with Gasteiger partial charge in [-0.05, 0) is 43.2 Å². The Bertz CT molecular complexity index is 1110. The molecule has 0 unspecified atom stereocenters. The molecule has 0 radical (unpaired) electrons. The Balaban J connectivity index is 0.000000509. The second-order valence-corrected chi connectivity index (χ2v) is 10.9. The molecule has 0 aliphatic carbocycles. The Hall–Kier alpha value is -2.51. The number of carbonyl (C=O) groups is 2. The lowest BCUT2D eigenvalue weighted by molar-refractivity contribution is -0.192. The quantitative estimate of drug-likeness (QED) is 0.468. The maximum atomic E-state index is 12.4. The maximum absolute atomic E-state index is 12.4. The first-order valence-corrected chi connectivity index (χ1v) is 12.7. The second kappa shape index (κ2) is 11.8. The Labute approximate surface area is 203 Å². The van der Waals surface area contributed by atoms with Gasteiger partial charge in [0.05, 0.1) is 15.6 Å². The van der Waals surface area contributed by atoms with Crippen LogP contribution in [0.15, 0.2) is 34.5 Å². The number of benzene rings is 1. The van der Waals surface area contributed by atoms with E-state index in [4.69, 9.17) is 21.5 Å². The molecule has 1 aromatic heterocycles. The van der Waals surface area contributed by atoms with E-state index >= 15 is 0 Å². The van der Waals surface area contributed by atoms with Crippen molar-refractivity contribution in [2.75, 3.05) is 22.7 Å². The van der Waals surface area contributed by atoms with Crippen molar-refractivity contribution in [3.8, 4) is 0 Å². The van der Waals surface area contributed by atoms with E-state index in [0.717, 1.165) is 50.1 Å². The minimum atomic E-state index is -5.08. The van der Waals surface area contributed by atoms with E-state index in [1.54, 1.807) is 12.1 Å². The van der Waals surface area contributed by atoms with Gasteiger partial charge in [-0.15, -0.1) is 11.3 Å². The van der Waals surface area contributed by atoms with Gasteiger partial charge in [-0.25, -0.2) is 18.0 Å². The lowest BCUT2D eigenvalue weighted by Crippen LogP contribution is -2.28. The van der Waals surface area contributed by atoms with Crippen LogP contribution in [0.3, 0.4) is 0 Å². The molecule has 8 nitrogen and oxygen atoms in total. The number of carboxylic acid groups (broad SMARTS) is 2. The first kappa shape index (κ1) is 27.7. The molecule has 3 N–H and O–H groups in total. The summed E-state index contributed by atoms with van der Waals surface area (Å²) in [5.41, 5.74) is 0.944. The Morgan fingerprint density at radius 1 is 1.00 bits per heavy atom. The predicted octanol–water partition coefficient (Wildman–Crippen LogP) is 5.30. The zero-order valence-electron chi connectivity index (χ0n) is 17.6. The number of halogens is 4. The molecule has 1 fully saturated rings. The summed E-state index contributed by atoms with van der Waals surface area (Å²) in [4.78, 5) is 22.8. The molecule has 188 valence electrons. The van der Waals surface area contributed by atoms with Crippen LogP contribution in [0.5, 0.6) is 0 Å². The topological polar surface area (TPSA) is 124 Å². The van der Waals surface area contributed by atoms with Gasteiger partial charge >= 0.3 is 18.1 Å². The van der Waals surface area contributed by atoms with Crippen LogP contribution in [0.2, 0.25) is 4.34 Å². The molecule has 2 heterocycles. The predicted molar refractivity (Wildman–Crippen MR) is 123 cm³/mol. The molecule has 0 spiro atoms. The van der Waals surface area contributed by atoms with Crippen LogP contribution in [0.1, 0.15) is 42.5 Å². The summed E-state index contributed by atoms with van der Waals surface area (Å²) in [5, 5.41) is 16.8. The van der Waals surface area contributed by atoms with Crippen molar-refractivity contribution >= 4 is 56.3 Å². The Morgan fingerprint density at radius 3 is 2.03 bits per heavy atom. The van der Waals surface area contributed by atoms with Crippen molar-refractivity contribution in [1.82, 2.24) is 0 Å². The molecule has 1 aromatic carbocycles. The molecule has 0 bridgehead atoms. The van der Waals surface area contributed by atoms with Gasteiger partial charge in [0.1, 0.15) is 4.21 Å². The maximum Gasteiger partial charge on any atom is 0.490 e. The average Bonchev–Trinajstić information content (AvgIpc) is 3.15. The molecule has 34 heavy (non-hydrogen) atoms. The highest BCUT2D eigenvalue weighted by Gasteiger charge is 2.38. The van der Waals surface area contributed by atoms with E-state index in [1.165, 1.54) is 24.6 Å². The summed E-state index contributed by atoms with van der Waals surface area (Å²) in [6.07, 6.45) is 0.451. The van der Waals surface area contributed by atoms with Crippen molar-refractivity contribution in [2.45, 2.75) is 42.5 Å². The molecule has 0 atom stereocenters. The van der Waals surface area contributed by atoms with E-state index in [1.807, 2.05) is 0 Å². The van der Waals surface area contributed by atoms with Crippen molar-refractivity contribution < 1.29 is 41.4 Å². The molecule has 1 aliphatic heterocycles. The largest absolute Gasteiger partial charge is 0.490 e. The van der Waals surface area contributed by atoms with E-state index < -0.39 is 28.1 Å². The zero-order chi connectivity index (χ0) is 25.5. The monoisotopic (exact) mass is 542 g/mol. The highest BCUT2D eigenvalue weighted by molar-refractivity contribution is 7.94. The number of aromatic carboxylic acids is 1. The van der Waals surface area contributed by atoms with Crippen LogP contribution < -0.4 is 9.62 Å². The molecule has 14 heteroatoms. The normalized spacial score (nSPS) is 14.9. The summed E-state index contributed by atoms with van der Waals surface area (Å²) in [6, 6.07) is 7.59. The van der Waals surface area contributed by atoms with Gasteiger partial charge in [-0.2, -0.15) is 13.2 Å². The molecular weight excluding hydrogens is 521 g/mol. The highest BCUT2D eigenvalue weighted by atomic mass is 35.5. The molecule has 0 saturated carbocycles. The first-order chi connectivity index (χ1) is 15.8. The van der Waals surface area contributed by atoms with Crippen molar-refractivity contribution in [1.29, 1.82) is 0 Å². The fourth-order valence-corrected chi connectivity index (χ4v) is 5.71. The van der Waals surface area contributed by atoms with Crippen LogP contribution in [0.25, 0.3) is 0 Å². The van der Waals surface area contributed by atoms with Crippen LogP contribution in [0, 0.1) is 0 Å². The number of alkyl halides is 3. The third-order valence-corrected chi connectivity index (χ3v) is 7.84. The number of anilines is 2. The van der Waals surface area contributed by atoms with Crippen molar-refractivity contribution in [2.24, 2.45) is 0 Å². The van der Waals surface area contributed by atoms with Crippen molar-refractivity contribution in [3.63, 3.8) is 0 Å². The Kier molecular flexibility index (Phi) is 9.59. The standard InChI is InChI=1S/C18H21ClN2O4S2.C2HF3O2/c19-16-8-9-17(26-16)27(24,25)20-13-6-7-15(14(12-13)18(22)23)21-10-4-2-1-3-5-11-21;3-2(4,5)1(6)7/h6-9,12,20H,1-5,10-11H2,(H,22,23);(H,6,7). The number of aliphatic carboxylic acids is 1. The smallest absolute Gasteiger partial charge is 0.478 e. The second-order valence-electron chi connectivity index (χ2n) is 7.26. The third-order valence-electron chi connectivity index (χ3n) is 4.73. The van der Waals surface area contributed by atoms with Gasteiger partial charge in [-0.3, -0.25) is 4.72 Å². The van der Waals surface area contributed by atoms with E-state index in [-0.39, 0.29) is 15.5 Å². The number of rotatable bonds is 5. The minimum Gasteiger partial charge on any atom is -0.478 e. The van der Waals surface area contributed by atoms with Gasteiger partial charge in [0.15, 0.2) is 0 Å². The van der Waals surface area contributed by atoms with Crippen LogP contribution >= 0.6 is 22.9 Å². The minimum absolute atomic E-state index is 0.0808. The number of nitrogens with one attached hydrogen (secondary N) is 1.